The van der Waals surface area contributed by atoms with Gasteiger partial charge in [0.2, 0.25) is 5.89 Å². The maximum atomic E-state index is 5.39. The Balaban J connectivity index is 2.19. The number of ether oxygens (including phenoxy) is 1. The van der Waals surface area contributed by atoms with Crippen LogP contribution in [0.15, 0.2) is 10.5 Å². The summed E-state index contributed by atoms with van der Waals surface area (Å²) in [7, 11) is 0. The van der Waals surface area contributed by atoms with E-state index >= 15 is 0 Å². The Morgan fingerprint density at radius 2 is 2.38 bits per heavy atom. The minimum Gasteiger partial charge on any atom is -0.488 e. The summed E-state index contributed by atoms with van der Waals surface area (Å²) >= 11 is 0. The van der Waals surface area contributed by atoms with Crippen molar-refractivity contribution >= 4 is 5.76 Å². The van der Waals surface area contributed by atoms with Gasteiger partial charge in [-0.05, 0) is 18.9 Å². The fourth-order valence-corrected chi connectivity index (χ4v) is 1.20. The Kier molecular flexibility index (Phi) is 2.29. The van der Waals surface area contributed by atoms with Crippen LogP contribution in [0, 0.1) is 0 Å². The highest BCUT2D eigenvalue weighted by molar-refractivity contribution is 5.51. The fourth-order valence-electron chi connectivity index (χ4n) is 1.20. The quantitative estimate of drug-likeness (QED) is 0.696. The van der Waals surface area contributed by atoms with Crippen molar-refractivity contribution < 1.29 is 9.15 Å². The summed E-state index contributed by atoms with van der Waals surface area (Å²) in [6.45, 7) is 2.73. The summed E-state index contributed by atoms with van der Waals surface area (Å²) in [5.74, 6) is 1.90. The maximum absolute atomic E-state index is 5.39. The Morgan fingerprint density at radius 1 is 1.46 bits per heavy atom. The predicted molar refractivity (Wildman–Crippen MR) is 46.8 cm³/mol. The van der Waals surface area contributed by atoms with Crippen LogP contribution in [0.4, 0.5) is 0 Å². The van der Waals surface area contributed by atoms with Gasteiger partial charge in [-0.2, -0.15) is 0 Å². The Morgan fingerprint density at radius 3 is 3.00 bits per heavy atom. The van der Waals surface area contributed by atoms with E-state index in [1.807, 2.05) is 13.0 Å². The van der Waals surface area contributed by atoms with Crippen molar-refractivity contribution in [3.8, 4) is 0 Å². The molecule has 0 saturated carbocycles. The minimum atomic E-state index is 0.511. The summed E-state index contributed by atoms with van der Waals surface area (Å²) in [6.07, 6.45) is 4.86. The first-order valence-corrected chi connectivity index (χ1v) is 4.56. The third kappa shape index (κ3) is 1.71. The van der Waals surface area contributed by atoms with Crippen LogP contribution in [0.1, 0.15) is 31.5 Å². The molecule has 0 radical (unpaired) electrons. The smallest absolute Gasteiger partial charge is 0.282 e. The maximum Gasteiger partial charge on any atom is 0.282 e. The molecule has 4 nitrogen and oxygen atoms in total. The zero-order valence-corrected chi connectivity index (χ0v) is 7.62. The average Bonchev–Trinajstić information content (AvgIpc) is 2.67. The van der Waals surface area contributed by atoms with Crippen molar-refractivity contribution in [2.45, 2.75) is 26.2 Å². The second-order valence-electron chi connectivity index (χ2n) is 2.91. The molecule has 1 aliphatic heterocycles. The van der Waals surface area contributed by atoms with E-state index in [2.05, 4.69) is 10.2 Å². The molecule has 0 atom stereocenters. The minimum absolute atomic E-state index is 0.511. The fraction of sp³-hybridized carbons (Fsp3) is 0.556. The lowest BCUT2D eigenvalue weighted by atomic mass is 10.2. The standard InChI is InChI=1S/C9H12N2O2/c1-2-8-10-11-9(13-8)7-5-3-4-6-12-7/h5H,2-4,6H2,1H3. The molecule has 13 heavy (non-hydrogen) atoms. The molecule has 1 aromatic heterocycles. The summed E-state index contributed by atoms with van der Waals surface area (Å²) in [5, 5.41) is 7.77. The van der Waals surface area contributed by atoms with Crippen LogP contribution in [0.5, 0.6) is 0 Å². The molecule has 2 rings (SSSR count). The summed E-state index contributed by atoms with van der Waals surface area (Å²) in [4.78, 5) is 0. The van der Waals surface area contributed by atoms with E-state index in [1.165, 1.54) is 0 Å². The number of aryl methyl sites for hydroxylation is 1. The molecule has 1 aromatic rings. The van der Waals surface area contributed by atoms with Gasteiger partial charge in [-0.15, -0.1) is 10.2 Å². The highest BCUT2D eigenvalue weighted by Crippen LogP contribution is 2.19. The zero-order valence-electron chi connectivity index (χ0n) is 7.62. The van der Waals surface area contributed by atoms with E-state index in [0.29, 0.717) is 11.8 Å². The van der Waals surface area contributed by atoms with Crippen molar-refractivity contribution in [3.63, 3.8) is 0 Å². The number of rotatable bonds is 2. The molecular weight excluding hydrogens is 168 g/mol. The lowest BCUT2D eigenvalue weighted by Crippen LogP contribution is -2.00. The van der Waals surface area contributed by atoms with Gasteiger partial charge in [0.15, 0.2) is 5.76 Å². The molecule has 2 heterocycles. The van der Waals surface area contributed by atoms with Crippen LogP contribution < -0.4 is 0 Å². The SMILES string of the molecule is CCc1nnc(C2=CCCCO2)o1. The van der Waals surface area contributed by atoms with Crippen molar-refractivity contribution in [2.24, 2.45) is 0 Å². The van der Waals surface area contributed by atoms with Gasteiger partial charge in [0.05, 0.1) is 6.61 Å². The molecule has 70 valence electrons. The van der Waals surface area contributed by atoms with Crippen molar-refractivity contribution in [1.82, 2.24) is 10.2 Å². The molecule has 0 N–H and O–H groups in total. The third-order valence-electron chi connectivity index (χ3n) is 1.92. The zero-order chi connectivity index (χ0) is 9.10. The van der Waals surface area contributed by atoms with E-state index in [1.54, 1.807) is 0 Å². The van der Waals surface area contributed by atoms with E-state index in [9.17, 15) is 0 Å². The largest absolute Gasteiger partial charge is 0.488 e. The molecule has 0 fully saturated rings. The highest BCUT2D eigenvalue weighted by Gasteiger charge is 2.13. The molecule has 0 unspecified atom stereocenters. The van der Waals surface area contributed by atoms with Gasteiger partial charge in [0.25, 0.3) is 5.89 Å². The molecule has 1 aliphatic rings. The normalized spacial score (nSPS) is 16.5. The monoisotopic (exact) mass is 180 g/mol. The number of aromatic nitrogens is 2. The lowest BCUT2D eigenvalue weighted by molar-refractivity contribution is 0.247. The first-order chi connectivity index (χ1) is 6.40. The van der Waals surface area contributed by atoms with Crippen LogP contribution >= 0.6 is 0 Å². The van der Waals surface area contributed by atoms with Crippen LogP contribution in [0.25, 0.3) is 5.76 Å². The van der Waals surface area contributed by atoms with E-state index in [4.69, 9.17) is 9.15 Å². The predicted octanol–water partition coefficient (Wildman–Crippen LogP) is 1.78. The Labute approximate surface area is 76.6 Å². The molecule has 0 aliphatic carbocycles. The second kappa shape index (κ2) is 3.60. The Bertz CT molecular complexity index is 317. The molecule has 0 amide bonds. The first-order valence-electron chi connectivity index (χ1n) is 4.56. The van der Waals surface area contributed by atoms with E-state index in [0.717, 1.165) is 31.6 Å². The second-order valence-corrected chi connectivity index (χ2v) is 2.91. The molecular formula is C9H12N2O2. The van der Waals surface area contributed by atoms with Crippen LogP contribution in [0.2, 0.25) is 0 Å². The molecule has 4 heteroatoms. The average molecular weight is 180 g/mol. The van der Waals surface area contributed by atoms with Gasteiger partial charge in [-0.3, -0.25) is 0 Å². The van der Waals surface area contributed by atoms with E-state index in [-0.39, 0.29) is 0 Å². The van der Waals surface area contributed by atoms with E-state index < -0.39 is 0 Å². The lowest BCUT2D eigenvalue weighted by Gasteiger charge is -2.10. The number of hydrogen-bond donors (Lipinski definition) is 0. The summed E-state index contributed by atoms with van der Waals surface area (Å²) < 4.78 is 10.7. The first kappa shape index (κ1) is 8.29. The third-order valence-corrected chi connectivity index (χ3v) is 1.92. The van der Waals surface area contributed by atoms with Gasteiger partial charge in [-0.1, -0.05) is 6.92 Å². The van der Waals surface area contributed by atoms with Gasteiger partial charge in [0, 0.05) is 6.42 Å². The van der Waals surface area contributed by atoms with Gasteiger partial charge < -0.3 is 9.15 Å². The molecule has 0 saturated heterocycles. The molecule has 0 spiro atoms. The summed E-state index contributed by atoms with van der Waals surface area (Å²) in [5.41, 5.74) is 0. The van der Waals surface area contributed by atoms with Crippen LogP contribution in [0.3, 0.4) is 0 Å². The number of allylic oxidation sites excluding steroid dienone is 1. The van der Waals surface area contributed by atoms with Gasteiger partial charge in [-0.25, -0.2) is 0 Å². The molecule has 0 bridgehead atoms. The van der Waals surface area contributed by atoms with Crippen LogP contribution in [-0.4, -0.2) is 16.8 Å². The Hall–Kier alpha value is -1.32. The van der Waals surface area contributed by atoms with Crippen molar-refractivity contribution in [1.29, 1.82) is 0 Å². The topological polar surface area (TPSA) is 48.2 Å². The van der Waals surface area contributed by atoms with Crippen LogP contribution in [-0.2, 0) is 11.2 Å². The van der Waals surface area contributed by atoms with Crippen molar-refractivity contribution in [2.75, 3.05) is 6.61 Å². The summed E-state index contributed by atoms with van der Waals surface area (Å²) in [6, 6.07) is 0. The molecule has 0 aromatic carbocycles. The van der Waals surface area contributed by atoms with Gasteiger partial charge >= 0.3 is 0 Å². The van der Waals surface area contributed by atoms with Gasteiger partial charge in [0.1, 0.15) is 0 Å². The number of hydrogen-bond acceptors (Lipinski definition) is 4. The van der Waals surface area contributed by atoms with Crippen molar-refractivity contribution in [3.05, 3.63) is 17.9 Å². The number of nitrogens with zero attached hydrogens (tertiary/aromatic N) is 2. The highest BCUT2D eigenvalue weighted by atomic mass is 16.5.